The van der Waals surface area contributed by atoms with Gasteiger partial charge >= 0.3 is 0 Å². The number of hydrogen-bond donors (Lipinski definition) is 0. The van der Waals surface area contributed by atoms with Crippen LogP contribution in [0.4, 0.5) is 0 Å². The van der Waals surface area contributed by atoms with E-state index >= 15 is 0 Å². The van der Waals surface area contributed by atoms with Crippen LogP contribution in [-0.2, 0) is 0 Å². The number of hydrogen-bond acceptors (Lipinski definition) is 4. The number of aryl methyl sites for hydroxylation is 3. The average molecular weight is 314 g/mol. The highest BCUT2D eigenvalue weighted by atomic mass is 32.2. The summed E-state index contributed by atoms with van der Waals surface area (Å²) in [5, 5.41) is 0.701. The lowest BCUT2D eigenvalue weighted by molar-refractivity contribution is 0.363. The van der Waals surface area contributed by atoms with E-state index in [9.17, 15) is 4.79 Å². The van der Waals surface area contributed by atoms with E-state index in [0.29, 0.717) is 23.0 Å². The molecule has 3 rings (SSSR count). The maximum atomic E-state index is 12.2. The largest absolute Gasteiger partial charge is 0.489 e. The highest BCUT2D eigenvalue weighted by Crippen LogP contribution is 2.32. The Balaban J connectivity index is 1.85. The predicted octanol–water partition coefficient (Wildman–Crippen LogP) is 4.13. The van der Waals surface area contributed by atoms with Crippen molar-refractivity contribution in [2.75, 3.05) is 12.4 Å². The van der Waals surface area contributed by atoms with Gasteiger partial charge in [-0.1, -0.05) is 35.5 Å². The van der Waals surface area contributed by atoms with Gasteiger partial charge in [0, 0.05) is 17.4 Å². The quantitative estimate of drug-likeness (QED) is 0.854. The number of benzene rings is 1. The molecule has 1 aromatic heterocycles. The Morgan fingerprint density at radius 3 is 2.82 bits per heavy atom. The molecule has 0 radical (unpaired) electrons. The Morgan fingerprint density at radius 1 is 1.23 bits per heavy atom. The third-order valence-corrected chi connectivity index (χ3v) is 4.50. The second-order valence-corrected chi connectivity index (χ2v) is 6.47. The minimum Gasteiger partial charge on any atom is -0.489 e. The lowest BCUT2D eigenvalue weighted by Crippen LogP contribution is -2.15. The summed E-state index contributed by atoms with van der Waals surface area (Å²) in [5.41, 5.74) is 3.86. The van der Waals surface area contributed by atoms with Crippen molar-refractivity contribution < 1.29 is 9.15 Å². The van der Waals surface area contributed by atoms with Gasteiger partial charge in [0.1, 0.15) is 18.1 Å². The number of thioether (sulfide) groups is 1. The van der Waals surface area contributed by atoms with Crippen molar-refractivity contribution in [3.05, 3.63) is 63.0 Å². The van der Waals surface area contributed by atoms with Gasteiger partial charge in [0.25, 0.3) is 0 Å². The first-order valence-corrected chi connectivity index (χ1v) is 8.20. The van der Waals surface area contributed by atoms with E-state index in [0.717, 1.165) is 22.6 Å². The van der Waals surface area contributed by atoms with Gasteiger partial charge in [0.2, 0.25) is 0 Å². The molecule has 4 heteroatoms. The highest BCUT2D eigenvalue weighted by molar-refractivity contribution is 7.99. The molecule has 2 heterocycles. The van der Waals surface area contributed by atoms with Gasteiger partial charge in [0.15, 0.2) is 10.5 Å². The molecule has 0 aliphatic carbocycles. The van der Waals surface area contributed by atoms with Crippen LogP contribution in [0.25, 0.3) is 5.57 Å². The van der Waals surface area contributed by atoms with Gasteiger partial charge in [-0.2, -0.15) is 0 Å². The zero-order chi connectivity index (χ0) is 15.7. The van der Waals surface area contributed by atoms with Crippen LogP contribution >= 0.6 is 11.8 Å². The fraction of sp³-hybridized carbons (Fsp3) is 0.278. The standard InChI is InChI=1S/C18H18O3S/c1-11-4-5-16(12(2)8-11)20-10-14-6-7-22-18-17(14)15(19)9-13(3)21-18/h4-6,8-9H,7,10H2,1-3H3. The smallest absolute Gasteiger partial charge is 0.193 e. The van der Waals surface area contributed by atoms with Crippen LogP contribution in [0.1, 0.15) is 22.5 Å². The van der Waals surface area contributed by atoms with E-state index in [4.69, 9.17) is 9.15 Å². The molecular weight excluding hydrogens is 296 g/mol. The summed E-state index contributed by atoms with van der Waals surface area (Å²) in [6.45, 7) is 6.26. The van der Waals surface area contributed by atoms with Crippen LogP contribution in [0.3, 0.4) is 0 Å². The maximum absolute atomic E-state index is 12.2. The van der Waals surface area contributed by atoms with Crippen LogP contribution in [-0.4, -0.2) is 12.4 Å². The molecule has 1 aliphatic heterocycles. The molecule has 3 nitrogen and oxygen atoms in total. The lowest BCUT2D eigenvalue weighted by atomic mass is 10.1. The summed E-state index contributed by atoms with van der Waals surface area (Å²) in [4.78, 5) is 12.2. The van der Waals surface area contributed by atoms with Crippen molar-refractivity contribution in [2.24, 2.45) is 0 Å². The van der Waals surface area contributed by atoms with E-state index < -0.39 is 0 Å². The summed E-state index contributed by atoms with van der Waals surface area (Å²) < 4.78 is 11.6. The SMILES string of the molecule is Cc1ccc(OCC2=CCSc3oc(C)cc(=O)c32)c(C)c1. The number of fused-ring (bicyclic) bond motifs is 1. The topological polar surface area (TPSA) is 39.4 Å². The molecule has 0 atom stereocenters. The van der Waals surface area contributed by atoms with Crippen LogP contribution in [0.5, 0.6) is 5.75 Å². The number of ether oxygens (including phenoxy) is 1. The third kappa shape index (κ3) is 2.97. The zero-order valence-electron chi connectivity index (χ0n) is 12.9. The Morgan fingerprint density at radius 2 is 2.05 bits per heavy atom. The van der Waals surface area contributed by atoms with E-state index in [1.54, 1.807) is 18.7 Å². The minimum absolute atomic E-state index is 0.00132. The molecule has 1 aliphatic rings. The zero-order valence-corrected chi connectivity index (χ0v) is 13.8. The van der Waals surface area contributed by atoms with Gasteiger partial charge in [-0.25, -0.2) is 0 Å². The summed E-state index contributed by atoms with van der Waals surface area (Å²) in [5.74, 6) is 2.29. The first-order chi connectivity index (χ1) is 10.5. The monoisotopic (exact) mass is 314 g/mol. The van der Waals surface area contributed by atoms with Gasteiger partial charge in [0.05, 0.1) is 5.56 Å². The van der Waals surface area contributed by atoms with Gasteiger partial charge < -0.3 is 9.15 Å². The second-order valence-electron chi connectivity index (χ2n) is 5.48. The minimum atomic E-state index is 0.00132. The van der Waals surface area contributed by atoms with Crippen molar-refractivity contribution in [2.45, 2.75) is 25.9 Å². The number of rotatable bonds is 3. The van der Waals surface area contributed by atoms with Gasteiger partial charge in [-0.3, -0.25) is 4.79 Å². The first kappa shape index (κ1) is 15.0. The summed E-state index contributed by atoms with van der Waals surface area (Å²) >= 11 is 1.55. The fourth-order valence-electron chi connectivity index (χ4n) is 2.54. The normalized spacial score (nSPS) is 13.5. The van der Waals surface area contributed by atoms with Crippen molar-refractivity contribution in [3.63, 3.8) is 0 Å². The van der Waals surface area contributed by atoms with E-state index in [2.05, 4.69) is 13.0 Å². The summed E-state index contributed by atoms with van der Waals surface area (Å²) in [6.07, 6.45) is 2.04. The molecule has 114 valence electrons. The Labute approximate surface area is 134 Å². The van der Waals surface area contributed by atoms with Crippen molar-refractivity contribution in [1.29, 1.82) is 0 Å². The molecule has 2 aromatic rings. The molecule has 0 spiro atoms. The molecular formula is C18H18O3S. The van der Waals surface area contributed by atoms with E-state index in [1.807, 2.05) is 25.1 Å². The Bertz CT molecular complexity index is 802. The molecule has 0 N–H and O–H groups in total. The van der Waals surface area contributed by atoms with Gasteiger partial charge in [-0.05, 0) is 32.4 Å². The molecule has 0 unspecified atom stereocenters. The van der Waals surface area contributed by atoms with Crippen molar-refractivity contribution in [1.82, 2.24) is 0 Å². The van der Waals surface area contributed by atoms with Gasteiger partial charge in [-0.15, -0.1) is 0 Å². The van der Waals surface area contributed by atoms with E-state index in [1.165, 1.54) is 11.6 Å². The summed E-state index contributed by atoms with van der Waals surface area (Å²) in [6, 6.07) is 7.63. The van der Waals surface area contributed by atoms with Crippen LogP contribution < -0.4 is 10.2 Å². The first-order valence-electron chi connectivity index (χ1n) is 7.21. The Kier molecular flexibility index (Phi) is 4.12. The molecule has 0 bridgehead atoms. The maximum Gasteiger partial charge on any atom is 0.193 e. The predicted molar refractivity (Wildman–Crippen MR) is 89.8 cm³/mol. The molecule has 0 amide bonds. The van der Waals surface area contributed by atoms with E-state index in [-0.39, 0.29) is 5.43 Å². The van der Waals surface area contributed by atoms with Crippen molar-refractivity contribution in [3.8, 4) is 5.75 Å². The van der Waals surface area contributed by atoms with Crippen molar-refractivity contribution >= 4 is 17.3 Å². The fourth-order valence-corrected chi connectivity index (χ4v) is 3.55. The third-order valence-electron chi connectivity index (χ3n) is 3.62. The second kappa shape index (κ2) is 6.05. The van der Waals surface area contributed by atoms with Crippen LogP contribution in [0.15, 0.2) is 44.6 Å². The molecule has 22 heavy (non-hydrogen) atoms. The highest BCUT2D eigenvalue weighted by Gasteiger charge is 2.20. The summed E-state index contributed by atoms with van der Waals surface area (Å²) in [7, 11) is 0. The van der Waals surface area contributed by atoms with Crippen LogP contribution in [0.2, 0.25) is 0 Å². The average Bonchev–Trinajstić information content (AvgIpc) is 2.45. The lowest BCUT2D eigenvalue weighted by Gasteiger charge is -2.17. The molecule has 1 aromatic carbocycles. The molecule has 0 saturated carbocycles. The van der Waals surface area contributed by atoms with Crippen LogP contribution in [0, 0.1) is 20.8 Å². The Hall–Kier alpha value is -1.94. The molecule has 0 saturated heterocycles. The molecule has 0 fully saturated rings.